The van der Waals surface area contributed by atoms with Crippen LogP contribution in [0.25, 0.3) is 0 Å². The van der Waals surface area contributed by atoms with Crippen LogP contribution in [0, 0.1) is 5.92 Å². The molecule has 0 aliphatic carbocycles. The van der Waals surface area contributed by atoms with E-state index in [1.165, 1.54) is 0 Å². The van der Waals surface area contributed by atoms with Gasteiger partial charge in [0.05, 0.1) is 12.7 Å². The first-order valence-corrected chi connectivity index (χ1v) is 6.84. The summed E-state index contributed by atoms with van der Waals surface area (Å²) in [5, 5.41) is 0. The summed E-state index contributed by atoms with van der Waals surface area (Å²) in [6.45, 7) is 5.06. The molecule has 0 aliphatic heterocycles. The number of nitrogens with zero attached hydrogens (tertiary/aromatic N) is 1. The van der Waals surface area contributed by atoms with Crippen LogP contribution in [-0.2, 0) is 0 Å². The van der Waals surface area contributed by atoms with Gasteiger partial charge in [0.25, 0.3) is 5.91 Å². The van der Waals surface area contributed by atoms with Gasteiger partial charge in [-0.15, -0.1) is 0 Å². The Labute approximate surface area is 117 Å². The molecule has 0 fully saturated rings. The Hall–Kier alpha value is -1.03. The van der Waals surface area contributed by atoms with Crippen LogP contribution in [0.4, 0.5) is 0 Å². The molecule has 1 amide bonds. The van der Waals surface area contributed by atoms with Crippen LogP contribution in [0.1, 0.15) is 30.6 Å². The van der Waals surface area contributed by atoms with Gasteiger partial charge in [0.1, 0.15) is 5.75 Å². The Morgan fingerprint density at radius 2 is 2.11 bits per heavy atom. The molecule has 0 aromatic heterocycles. The Bertz CT molecular complexity index is 418. The minimum absolute atomic E-state index is 0.000000000000000444. The van der Waals surface area contributed by atoms with Crippen LogP contribution in [0.15, 0.2) is 22.7 Å². The van der Waals surface area contributed by atoms with Gasteiger partial charge in [-0.25, -0.2) is 0 Å². The van der Waals surface area contributed by atoms with Gasteiger partial charge >= 0.3 is 0 Å². The highest BCUT2D eigenvalue weighted by Gasteiger charge is 2.16. The second-order valence-corrected chi connectivity index (χ2v) is 5.67. The molecule has 1 aromatic carbocycles. The van der Waals surface area contributed by atoms with Gasteiger partial charge in [0.15, 0.2) is 0 Å². The van der Waals surface area contributed by atoms with Gasteiger partial charge in [-0.1, -0.05) is 29.8 Å². The van der Waals surface area contributed by atoms with Crippen molar-refractivity contribution < 1.29 is 9.53 Å². The van der Waals surface area contributed by atoms with Gasteiger partial charge in [0.2, 0.25) is 0 Å². The van der Waals surface area contributed by atoms with Gasteiger partial charge < -0.3 is 9.64 Å². The molecule has 18 heavy (non-hydrogen) atoms. The van der Waals surface area contributed by atoms with Crippen molar-refractivity contribution in [3.63, 3.8) is 0 Å². The molecule has 0 spiro atoms. The third-order valence-electron chi connectivity index (χ3n) is 2.78. The molecule has 0 unspecified atom stereocenters. The highest BCUT2D eigenvalue weighted by atomic mass is 79.9. The first-order chi connectivity index (χ1) is 8.45. The molecule has 0 radical (unpaired) electrons. The Kier molecular flexibility index (Phi) is 5.66. The summed E-state index contributed by atoms with van der Waals surface area (Å²) >= 11 is 3.37. The normalized spacial score (nSPS) is 10.6. The smallest absolute Gasteiger partial charge is 0.257 e. The van der Waals surface area contributed by atoms with E-state index in [1.54, 1.807) is 18.1 Å². The zero-order valence-corrected chi connectivity index (χ0v) is 13.0. The molecule has 1 aromatic rings. The highest BCUT2D eigenvalue weighted by Crippen LogP contribution is 2.24. The monoisotopic (exact) mass is 313 g/mol. The van der Waals surface area contributed by atoms with Crippen LogP contribution in [0.3, 0.4) is 0 Å². The predicted molar refractivity (Wildman–Crippen MR) is 77.1 cm³/mol. The van der Waals surface area contributed by atoms with Crippen molar-refractivity contribution in [1.29, 1.82) is 0 Å². The largest absolute Gasteiger partial charge is 0.496 e. The van der Waals surface area contributed by atoms with Crippen molar-refractivity contribution in [2.24, 2.45) is 5.92 Å². The van der Waals surface area contributed by atoms with E-state index in [1.807, 2.05) is 19.2 Å². The van der Waals surface area contributed by atoms with E-state index < -0.39 is 0 Å². The number of carbonyl (C=O) groups is 1. The maximum atomic E-state index is 12.3. The van der Waals surface area contributed by atoms with Crippen molar-refractivity contribution in [2.75, 3.05) is 20.7 Å². The molecular formula is C14H20BrNO2. The van der Waals surface area contributed by atoms with Crippen molar-refractivity contribution in [2.45, 2.75) is 20.3 Å². The first-order valence-electron chi connectivity index (χ1n) is 6.04. The fourth-order valence-corrected chi connectivity index (χ4v) is 1.94. The average molecular weight is 314 g/mol. The number of rotatable bonds is 5. The number of ether oxygens (including phenoxy) is 1. The molecule has 0 bridgehead atoms. The summed E-state index contributed by atoms with van der Waals surface area (Å²) < 4.78 is 6.15. The second kappa shape index (κ2) is 6.78. The molecule has 3 nitrogen and oxygen atoms in total. The third-order valence-corrected chi connectivity index (χ3v) is 3.28. The lowest BCUT2D eigenvalue weighted by molar-refractivity contribution is 0.0786. The number of methoxy groups -OCH3 is 1. The lowest BCUT2D eigenvalue weighted by Gasteiger charge is -2.19. The lowest BCUT2D eigenvalue weighted by atomic mass is 10.1. The fourth-order valence-electron chi connectivity index (χ4n) is 1.60. The Morgan fingerprint density at radius 3 is 2.67 bits per heavy atom. The van der Waals surface area contributed by atoms with Crippen LogP contribution < -0.4 is 4.74 Å². The molecule has 0 atom stereocenters. The van der Waals surface area contributed by atoms with E-state index in [9.17, 15) is 4.79 Å². The van der Waals surface area contributed by atoms with E-state index in [2.05, 4.69) is 29.8 Å². The van der Waals surface area contributed by atoms with E-state index in [0.29, 0.717) is 17.2 Å². The van der Waals surface area contributed by atoms with Crippen LogP contribution in [0.5, 0.6) is 5.75 Å². The summed E-state index contributed by atoms with van der Waals surface area (Å²) in [5.41, 5.74) is 0.604. The van der Waals surface area contributed by atoms with Crippen molar-refractivity contribution in [1.82, 2.24) is 4.90 Å². The summed E-state index contributed by atoms with van der Waals surface area (Å²) in [5.74, 6) is 1.19. The number of benzene rings is 1. The molecule has 4 heteroatoms. The maximum Gasteiger partial charge on any atom is 0.257 e. The van der Waals surface area contributed by atoms with Crippen LogP contribution in [-0.4, -0.2) is 31.5 Å². The van der Waals surface area contributed by atoms with Gasteiger partial charge in [0, 0.05) is 18.1 Å². The number of hydrogen-bond donors (Lipinski definition) is 0. The van der Waals surface area contributed by atoms with Gasteiger partial charge in [-0.05, 0) is 30.5 Å². The average Bonchev–Trinajstić information content (AvgIpc) is 2.34. The molecule has 0 aliphatic rings. The number of hydrogen-bond acceptors (Lipinski definition) is 2. The van der Waals surface area contributed by atoms with E-state index in [0.717, 1.165) is 17.4 Å². The molecule has 0 saturated carbocycles. The summed E-state index contributed by atoms with van der Waals surface area (Å²) in [6.07, 6.45) is 1.00. The number of carbonyl (C=O) groups excluding carboxylic acids is 1. The summed E-state index contributed by atoms with van der Waals surface area (Å²) in [7, 11) is 3.40. The van der Waals surface area contributed by atoms with Crippen molar-refractivity contribution in [3.05, 3.63) is 28.2 Å². The van der Waals surface area contributed by atoms with Gasteiger partial charge in [-0.3, -0.25) is 4.79 Å². The lowest BCUT2D eigenvalue weighted by Crippen LogP contribution is -2.28. The molecule has 0 N–H and O–H groups in total. The third kappa shape index (κ3) is 4.02. The minimum atomic E-state index is 0.000000000000000444. The quantitative estimate of drug-likeness (QED) is 0.831. The van der Waals surface area contributed by atoms with Crippen molar-refractivity contribution in [3.8, 4) is 5.75 Å². The van der Waals surface area contributed by atoms with Crippen LogP contribution in [0.2, 0.25) is 0 Å². The first kappa shape index (κ1) is 15.0. The molecule has 1 rings (SSSR count). The zero-order valence-electron chi connectivity index (χ0n) is 11.4. The zero-order chi connectivity index (χ0) is 13.7. The second-order valence-electron chi connectivity index (χ2n) is 4.75. The molecule has 100 valence electrons. The van der Waals surface area contributed by atoms with E-state index in [4.69, 9.17) is 4.74 Å². The topological polar surface area (TPSA) is 29.5 Å². The van der Waals surface area contributed by atoms with Crippen LogP contribution >= 0.6 is 15.9 Å². The van der Waals surface area contributed by atoms with E-state index >= 15 is 0 Å². The fraction of sp³-hybridized carbons (Fsp3) is 0.500. The SMILES string of the molecule is COc1cc(Br)ccc1C(=O)N(C)CCC(C)C. The number of amides is 1. The van der Waals surface area contributed by atoms with Gasteiger partial charge in [-0.2, -0.15) is 0 Å². The minimum Gasteiger partial charge on any atom is -0.496 e. The highest BCUT2D eigenvalue weighted by molar-refractivity contribution is 9.10. The van der Waals surface area contributed by atoms with Crippen molar-refractivity contribution >= 4 is 21.8 Å². The Morgan fingerprint density at radius 1 is 1.44 bits per heavy atom. The summed E-state index contributed by atoms with van der Waals surface area (Å²) in [6, 6.07) is 5.45. The van der Waals surface area contributed by atoms with E-state index in [-0.39, 0.29) is 5.91 Å². The summed E-state index contributed by atoms with van der Waals surface area (Å²) in [4.78, 5) is 14.0. The molecular weight excluding hydrogens is 294 g/mol. The molecule has 0 saturated heterocycles. The Balaban J connectivity index is 2.83. The molecule has 0 heterocycles. The predicted octanol–water partition coefficient (Wildman–Crippen LogP) is 3.58. The maximum absolute atomic E-state index is 12.3. The standard InChI is InChI=1S/C14H20BrNO2/c1-10(2)7-8-16(3)14(17)12-6-5-11(15)9-13(12)18-4/h5-6,9-10H,7-8H2,1-4H3. The number of halogens is 1.